The van der Waals surface area contributed by atoms with Crippen molar-refractivity contribution in [2.75, 3.05) is 17.7 Å². The highest BCUT2D eigenvalue weighted by Crippen LogP contribution is 2.18. The van der Waals surface area contributed by atoms with Gasteiger partial charge in [-0.2, -0.15) is 4.98 Å². The molecule has 5 heteroatoms. The Labute approximate surface area is 83.0 Å². The molecule has 1 aromatic heterocycles. The fraction of sp³-hybridized carbons (Fsp3) is 0.556. The van der Waals surface area contributed by atoms with E-state index in [1.165, 1.54) is 0 Å². The molecule has 0 aliphatic heterocycles. The van der Waals surface area contributed by atoms with Crippen LogP contribution in [0.1, 0.15) is 20.8 Å². The van der Waals surface area contributed by atoms with E-state index >= 15 is 0 Å². The fourth-order valence-electron chi connectivity index (χ4n) is 0.832. The number of halogens is 1. The predicted octanol–water partition coefficient (Wildman–Crippen LogP) is 1.43. The second kappa shape index (κ2) is 3.40. The summed E-state index contributed by atoms with van der Waals surface area (Å²) in [5.74, 6) is -0.279. The van der Waals surface area contributed by atoms with Gasteiger partial charge in [0.15, 0.2) is 11.6 Å². The Bertz CT molecular complexity index is 332. The van der Waals surface area contributed by atoms with Gasteiger partial charge in [-0.1, -0.05) is 0 Å². The fourth-order valence-corrected chi connectivity index (χ4v) is 0.832. The highest BCUT2D eigenvalue weighted by atomic mass is 19.1. The van der Waals surface area contributed by atoms with Crippen LogP contribution in [0.25, 0.3) is 0 Å². The first kappa shape index (κ1) is 10.7. The van der Waals surface area contributed by atoms with Crippen LogP contribution in [-0.2, 0) is 0 Å². The minimum atomic E-state index is -0.587. The Morgan fingerprint density at radius 2 is 2.00 bits per heavy atom. The molecule has 0 saturated heterocycles. The van der Waals surface area contributed by atoms with E-state index in [0.717, 1.165) is 6.20 Å². The Morgan fingerprint density at radius 1 is 1.43 bits per heavy atom. The topological polar surface area (TPSA) is 55.0 Å². The molecule has 0 aliphatic carbocycles. The van der Waals surface area contributed by atoms with Crippen molar-refractivity contribution < 1.29 is 4.39 Å². The minimum absolute atomic E-state index is 0.119. The Hall–Kier alpha value is -1.39. The number of aromatic nitrogens is 2. The average Bonchev–Trinajstić information content (AvgIpc) is 2.07. The van der Waals surface area contributed by atoms with Gasteiger partial charge in [0.05, 0.1) is 6.20 Å². The van der Waals surface area contributed by atoms with Crippen molar-refractivity contribution >= 4 is 11.8 Å². The molecule has 2 N–H and O–H groups in total. The van der Waals surface area contributed by atoms with Crippen molar-refractivity contribution in [1.82, 2.24) is 9.97 Å². The third kappa shape index (κ3) is 2.10. The van der Waals surface area contributed by atoms with E-state index in [9.17, 15) is 4.39 Å². The second-order valence-electron chi connectivity index (χ2n) is 4.13. The van der Waals surface area contributed by atoms with Crippen LogP contribution in [0.2, 0.25) is 0 Å². The van der Waals surface area contributed by atoms with Gasteiger partial charge >= 0.3 is 0 Å². The van der Waals surface area contributed by atoms with Gasteiger partial charge in [0, 0.05) is 12.6 Å². The van der Waals surface area contributed by atoms with Crippen LogP contribution in [-0.4, -0.2) is 22.6 Å². The molecule has 0 aromatic carbocycles. The number of nitrogens with two attached hydrogens (primary N) is 1. The summed E-state index contributed by atoms with van der Waals surface area (Å²) in [5, 5.41) is 0. The first-order chi connectivity index (χ1) is 6.32. The van der Waals surface area contributed by atoms with Gasteiger partial charge in [-0.05, 0) is 20.8 Å². The van der Waals surface area contributed by atoms with E-state index in [0.29, 0.717) is 5.95 Å². The van der Waals surface area contributed by atoms with Crippen LogP contribution in [0.4, 0.5) is 16.2 Å². The van der Waals surface area contributed by atoms with Crippen molar-refractivity contribution in [2.45, 2.75) is 26.3 Å². The minimum Gasteiger partial charge on any atom is -0.381 e. The number of hydrogen-bond donors (Lipinski definition) is 1. The molecule has 1 rings (SSSR count). The quantitative estimate of drug-likeness (QED) is 0.741. The third-order valence-electron chi connectivity index (χ3n) is 2.06. The molecule has 0 spiro atoms. The van der Waals surface area contributed by atoms with Crippen molar-refractivity contribution in [3.8, 4) is 0 Å². The lowest BCUT2D eigenvalue weighted by Crippen LogP contribution is -2.39. The van der Waals surface area contributed by atoms with E-state index in [-0.39, 0.29) is 11.4 Å². The highest BCUT2D eigenvalue weighted by molar-refractivity contribution is 5.39. The lowest BCUT2D eigenvalue weighted by Gasteiger charge is -2.31. The highest BCUT2D eigenvalue weighted by Gasteiger charge is 2.20. The van der Waals surface area contributed by atoms with E-state index in [2.05, 4.69) is 9.97 Å². The standard InChI is InChI=1S/C9H15FN4/c1-9(2,3)14(4)8-12-5-6(10)7(11)13-8/h5H,1-4H3,(H2,11,12,13). The van der Waals surface area contributed by atoms with Crippen LogP contribution < -0.4 is 10.6 Å². The summed E-state index contributed by atoms with van der Waals surface area (Å²) < 4.78 is 12.8. The summed E-state index contributed by atoms with van der Waals surface area (Å²) in [6.45, 7) is 6.03. The maximum absolute atomic E-state index is 12.8. The first-order valence-corrected chi connectivity index (χ1v) is 4.34. The maximum atomic E-state index is 12.8. The van der Waals surface area contributed by atoms with E-state index < -0.39 is 5.82 Å². The van der Waals surface area contributed by atoms with Crippen molar-refractivity contribution in [3.05, 3.63) is 12.0 Å². The third-order valence-corrected chi connectivity index (χ3v) is 2.06. The summed E-state index contributed by atoms with van der Waals surface area (Å²) in [7, 11) is 1.84. The number of hydrogen-bond acceptors (Lipinski definition) is 4. The van der Waals surface area contributed by atoms with Crippen LogP contribution in [0, 0.1) is 5.82 Å². The molecule has 0 unspecified atom stereocenters. The number of nitrogen functional groups attached to an aromatic ring is 1. The van der Waals surface area contributed by atoms with Crippen molar-refractivity contribution in [3.63, 3.8) is 0 Å². The van der Waals surface area contributed by atoms with Crippen LogP contribution in [0.5, 0.6) is 0 Å². The molecule has 0 fully saturated rings. The van der Waals surface area contributed by atoms with Gasteiger partial charge in [-0.25, -0.2) is 9.37 Å². The zero-order valence-electron chi connectivity index (χ0n) is 8.87. The second-order valence-corrected chi connectivity index (χ2v) is 4.13. The number of nitrogens with zero attached hydrogens (tertiary/aromatic N) is 3. The average molecular weight is 198 g/mol. The molecule has 0 saturated carbocycles. The molecular formula is C9H15FN4. The van der Waals surface area contributed by atoms with Gasteiger partial charge in [0.2, 0.25) is 5.95 Å². The lowest BCUT2D eigenvalue weighted by atomic mass is 10.1. The molecular weight excluding hydrogens is 183 g/mol. The lowest BCUT2D eigenvalue weighted by molar-refractivity contribution is 0.525. The zero-order chi connectivity index (χ0) is 10.9. The zero-order valence-corrected chi connectivity index (χ0v) is 8.87. The largest absolute Gasteiger partial charge is 0.381 e. The van der Waals surface area contributed by atoms with Crippen LogP contribution >= 0.6 is 0 Å². The molecule has 0 amide bonds. The SMILES string of the molecule is CN(c1ncc(F)c(N)n1)C(C)(C)C. The molecule has 4 nitrogen and oxygen atoms in total. The molecule has 0 aliphatic rings. The van der Waals surface area contributed by atoms with Gasteiger partial charge in [-0.15, -0.1) is 0 Å². The number of anilines is 2. The van der Waals surface area contributed by atoms with Gasteiger partial charge < -0.3 is 10.6 Å². The Balaban J connectivity index is 3.03. The monoisotopic (exact) mass is 198 g/mol. The summed E-state index contributed by atoms with van der Waals surface area (Å²) in [4.78, 5) is 9.56. The summed E-state index contributed by atoms with van der Waals surface area (Å²) in [5.41, 5.74) is 5.23. The first-order valence-electron chi connectivity index (χ1n) is 4.34. The van der Waals surface area contributed by atoms with Crippen LogP contribution in [0.3, 0.4) is 0 Å². The predicted molar refractivity (Wildman–Crippen MR) is 54.6 cm³/mol. The number of rotatable bonds is 1. The molecule has 0 radical (unpaired) electrons. The van der Waals surface area contributed by atoms with E-state index in [1.54, 1.807) is 0 Å². The Morgan fingerprint density at radius 3 is 2.43 bits per heavy atom. The smallest absolute Gasteiger partial charge is 0.227 e. The van der Waals surface area contributed by atoms with E-state index in [4.69, 9.17) is 5.73 Å². The molecule has 1 aromatic rings. The molecule has 14 heavy (non-hydrogen) atoms. The summed E-state index contributed by atoms with van der Waals surface area (Å²) in [6, 6.07) is 0. The normalized spacial score (nSPS) is 11.5. The molecule has 0 atom stereocenters. The molecule has 78 valence electrons. The molecule has 1 heterocycles. The van der Waals surface area contributed by atoms with Gasteiger partial charge in [0.1, 0.15) is 0 Å². The summed E-state index contributed by atoms with van der Waals surface area (Å²) >= 11 is 0. The molecule has 0 bridgehead atoms. The summed E-state index contributed by atoms with van der Waals surface area (Å²) in [6.07, 6.45) is 1.08. The van der Waals surface area contributed by atoms with Gasteiger partial charge in [-0.3, -0.25) is 0 Å². The maximum Gasteiger partial charge on any atom is 0.227 e. The van der Waals surface area contributed by atoms with Crippen LogP contribution in [0.15, 0.2) is 6.20 Å². The van der Waals surface area contributed by atoms with Crippen molar-refractivity contribution in [2.24, 2.45) is 0 Å². The van der Waals surface area contributed by atoms with Gasteiger partial charge in [0.25, 0.3) is 0 Å². The van der Waals surface area contributed by atoms with E-state index in [1.807, 2.05) is 32.7 Å². The Kier molecular flexibility index (Phi) is 2.59. The van der Waals surface area contributed by atoms with Crippen molar-refractivity contribution in [1.29, 1.82) is 0 Å².